The van der Waals surface area contributed by atoms with Crippen molar-refractivity contribution in [2.75, 3.05) is 5.32 Å². The third-order valence-corrected chi connectivity index (χ3v) is 4.08. The topological polar surface area (TPSA) is 71.3 Å². The Labute approximate surface area is 165 Å². The number of carbonyl (C=O) groups is 2. The summed E-state index contributed by atoms with van der Waals surface area (Å²) in [7, 11) is 0. The van der Waals surface area contributed by atoms with Gasteiger partial charge in [0, 0.05) is 16.8 Å². The van der Waals surface area contributed by atoms with E-state index in [2.05, 4.69) is 10.6 Å². The van der Waals surface area contributed by atoms with Crippen LogP contribution in [-0.4, -0.2) is 11.8 Å². The highest BCUT2D eigenvalue weighted by Crippen LogP contribution is 2.21. The van der Waals surface area contributed by atoms with Gasteiger partial charge in [-0.3, -0.25) is 9.59 Å². The molecule has 0 atom stereocenters. The van der Waals surface area contributed by atoms with Crippen molar-refractivity contribution >= 4 is 46.8 Å². The SMILES string of the molecule is O=C(Nc1ccccc1)C(=Cc1ccco1)NC(=O)c1ccc(Cl)cc1Cl. The molecule has 0 bridgehead atoms. The molecule has 2 N–H and O–H groups in total. The molecule has 0 unspecified atom stereocenters. The molecular formula is C20H14Cl2N2O3. The van der Waals surface area contributed by atoms with E-state index in [4.69, 9.17) is 27.6 Å². The molecule has 1 heterocycles. The van der Waals surface area contributed by atoms with Crippen LogP contribution in [-0.2, 0) is 4.79 Å². The molecule has 2 amide bonds. The van der Waals surface area contributed by atoms with Gasteiger partial charge >= 0.3 is 0 Å². The average Bonchev–Trinajstić information content (AvgIpc) is 3.15. The van der Waals surface area contributed by atoms with E-state index in [1.807, 2.05) is 6.07 Å². The Morgan fingerprint density at radius 3 is 2.41 bits per heavy atom. The fourth-order valence-electron chi connectivity index (χ4n) is 2.26. The highest BCUT2D eigenvalue weighted by atomic mass is 35.5. The van der Waals surface area contributed by atoms with Gasteiger partial charge in [-0.05, 0) is 42.5 Å². The Kier molecular flexibility index (Phi) is 5.96. The first-order valence-electron chi connectivity index (χ1n) is 7.91. The van der Waals surface area contributed by atoms with E-state index in [1.54, 1.807) is 42.5 Å². The van der Waals surface area contributed by atoms with Gasteiger partial charge in [-0.15, -0.1) is 0 Å². The van der Waals surface area contributed by atoms with E-state index >= 15 is 0 Å². The maximum Gasteiger partial charge on any atom is 0.272 e. The number of amides is 2. The van der Waals surface area contributed by atoms with Crippen LogP contribution in [0.25, 0.3) is 6.08 Å². The fraction of sp³-hybridized carbons (Fsp3) is 0. The first-order valence-corrected chi connectivity index (χ1v) is 8.66. The second kappa shape index (κ2) is 8.58. The predicted octanol–water partition coefficient (Wildman–Crippen LogP) is 5.00. The Morgan fingerprint density at radius 1 is 0.963 bits per heavy atom. The van der Waals surface area contributed by atoms with E-state index in [9.17, 15) is 9.59 Å². The lowest BCUT2D eigenvalue weighted by Gasteiger charge is -2.11. The van der Waals surface area contributed by atoms with Crippen molar-refractivity contribution in [1.29, 1.82) is 0 Å². The van der Waals surface area contributed by atoms with Crippen LogP contribution < -0.4 is 10.6 Å². The van der Waals surface area contributed by atoms with Crippen LogP contribution in [0.15, 0.2) is 77.0 Å². The number of hydrogen-bond donors (Lipinski definition) is 2. The Bertz CT molecular complexity index is 984. The number of benzene rings is 2. The van der Waals surface area contributed by atoms with Gasteiger partial charge in [-0.2, -0.15) is 0 Å². The molecule has 0 saturated heterocycles. The second-order valence-corrected chi connectivity index (χ2v) is 6.32. The summed E-state index contributed by atoms with van der Waals surface area (Å²) in [5.74, 6) is -0.635. The van der Waals surface area contributed by atoms with E-state index < -0.39 is 11.8 Å². The van der Waals surface area contributed by atoms with Crippen molar-refractivity contribution in [3.05, 3.63) is 94.0 Å². The monoisotopic (exact) mass is 400 g/mol. The van der Waals surface area contributed by atoms with Gasteiger partial charge < -0.3 is 15.1 Å². The van der Waals surface area contributed by atoms with Gasteiger partial charge in [0.15, 0.2) is 0 Å². The maximum atomic E-state index is 12.7. The first-order chi connectivity index (χ1) is 13.0. The summed E-state index contributed by atoms with van der Waals surface area (Å²) in [4.78, 5) is 25.2. The molecule has 1 aromatic heterocycles. The van der Waals surface area contributed by atoms with Crippen LogP contribution in [0.4, 0.5) is 5.69 Å². The number of anilines is 1. The molecule has 136 valence electrons. The van der Waals surface area contributed by atoms with E-state index in [0.29, 0.717) is 16.5 Å². The van der Waals surface area contributed by atoms with Crippen LogP contribution in [0.5, 0.6) is 0 Å². The van der Waals surface area contributed by atoms with Gasteiger partial charge in [0.05, 0.1) is 16.8 Å². The summed E-state index contributed by atoms with van der Waals surface area (Å²) < 4.78 is 5.24. The molecule has 2 aromatic carbocycles. The van der Waals surface area contributed by atoms with E-state index in [1.165, 1.54) is 24.5 Å². The Morgan fingerprint density at radius 2 is 1.74 bits per heavy atom. The highest BCUT2D eigenvalue weighted by molar-refractivity contribution is 6.36. The second-order valence-electron chi connectivity index (χ2n) is 5.47. The smallest absolute Gasteiger partial charge is 0.272 e. The summed E-state index contributed by atoms with van der Waals surface area (Å²) in [6.45, 7) is 0. The van der Waals surface area contributed by atoms with Crippen molar-refractivity contribution in [3.63, 3.8) is 0 Å². The quantitative estimate of drug-likeness (QED) is 0.592. The third kappa shape index (κ3) is 5.00. The maximum absolute atomic E-state index is 12.7. The van der Waals surface area contributed by atoms with Crippen molar-refractivity contribution in [2.45, 2.75) is 0 Å². The van der Waals surface area contributed by atoms with Gasteiger partial charge in [0.1, 0.15) is 11.5 Å². The lowest BCUT2D eigenvalue weighted by molar-refractivity contribution is -0.113. The normalized spacial score (nSPS) is 11.1. The molecule has 0 spiro atoms. The molecular weight excluding hydrogens is 387 g/mol. The van der Waals surface area contributed by atoms with E-state index in [-0.39, 0.29) is 16.3 Å². The minimum atomic E-state index is -0.544. The molecule has 0 radical (unpaired) electrons. The first kappa shape index (κ1) is 18.8. The zero-order chi connectivity index (χ0) is 19.2. The van der Waals surface area contributed by atoms with E-state index in [0.717, 1.165) is 0 Å². The molecule has 0 aliphatic heterocycles. The summed E-state index contributed by atoms with van der Waals surface area (Å²) in [6.07, 6.45) is 2.90. The zero-order valence-electron chi connectivity index (χ0n) is 13.9. The number of nitrogens with one attached hydrogen (secondary N) is 2. The minimum Gasteiger partial charge on any atom is -0.465 e. The Hall–Kier alpha value is -3.02. The summed E-state index contributed by atoms with van der Waals surface area (Å²) >= 11 is 11.9. The molecule has 27 heavy (non-hydrogen) atoms. The largest absolute Gasteiger partial charge is 0.465 e. The van der Waals surface area contributed by atoms with Crippen molar-refractivity contribution < 1.29 is 14.0 Å². The number of furan rings is 1. The number of halogens is 2. The molecule has 5 nitrogen and oxygen atoms in total. The average molecular weight is 401 g/mol. The highest BCUT2D eigenvalue weighted by Gasteiger charge is 2.17. The Balaban J connectivity index is 1.86. The molecule has 0 saturated carbocycles. The summed E-state index contributed by atoms with van der Waals surface area (Å²) in [6, 6.07) is 16.7. The molecule has 0 aliphatic carbocycles. The summed E-state index contributed by atoms with van der Waals surface area (Å²) in [5, 5.41) is 5.88. The zero-order valence-corrected chi connectivity index (χ0v) is 15.4. The molecule has 3 rings (SSSR count). The number of para-hydroxylation sites is 1. The van der Waals surface area contributed by atoms with Crippen LogP contribution in [0.1, 0.15) is 16.1 Å². The van der Waals surface area contributed by atoms with Gasteiger partial charge in [-0.1, -0.05) is 41.4 Å². The molecule has 0 fully saturated rings. The van der Waals surface area contributed by atoms with Crippen LogP contribution in [0, 0.1) is 0 Å². The van der Waals surface area contributed by atoms with Crippen molar-refractivity contribution in [2.24, 2.45) is 0 Å². The van der Waals surface area contributed by atoms with Crippen LogP contribution in [0.3, 0.4) is 0 Å². The number of rotatable bonds is 5. The minimum absolute atomic E-state index is 0.00446. The van der Waals surface area contributed by atoms with Gasteiger partial charge in [0.25, 0.3) is 11.8 Å². The summed E-state index contributed by atoms with van der Waals surface area (Å²) in [5.41, 5.74) is 0.787. The van der Waals surface area contributed by atoms with Crippen LogP contribution >= 0.6 is 23.2 Å². The fourth-order valence-corrected chi connectivity index (χ4v) is 2.75. The van der Waals surface area contributed by atoms with Gasteiger partial charge in [0.2, 0.25) is 0 Å². The lowest BCUT2D eigenvalue weighted by Crippen LogP contribution is -2.30. The molecule has 3 aromatic rings. The van der Waals surface area contributed by atoms with Crippen LogP contribution in [0.2, 0.25) is 10.0 Å². The predicted molar refractivity (Wildman–Crippen MR) is 106 cm³/mol. The van der Waals surface area contributed by atoms with Crippen molar-refractivity contribution in [3.8, 4) is 0 Å². The van der Waals surface area contributed by atoms with Gasteiger partial charge in [-0.25, -0.2) is 0 Å². The molecule has 0 aliphatic rings. The standard InChI is InChI=1S/C20H14Cl2N2O3/c21-13-8-9-16(17(22)11-13)19(25)24-18(12-15-7-4-10-27-15)20(26)23-14-5-2-1-3-6-14/h1-12H,(H,23,26)(H,24,25). The lowest BCUT2D eigenvalue weighted by atomic mass is 10.2. The number of hydrogen-bond acceptors (Lipinski definition) is 3. The number of carbonyl (C=O) groups excluding carboxylic acids is 2. The third-order valence-electron chi connectivity index (χ3n) is 3.53. The molecule has 7 heteroatoms. The van der Waals surface area contributed by atoms with Crippen molar-refractivity contribution in [1.82, 2.24) is 5.32 Å².